The standard InChI is InChI=1S/C19H28N2O4/c1-6-19(17(24)25-5,14-10-8-7-9-11-14)21-15(22)12-13-20-16(23)18(2,3)4/h7-11H,6,12-13H2,1-5H3,(H,20,23)(H,21,22). The average molecular weight is 348 g/mol. The molecule has 0 saturated heterocycles. The van der Waals surface area contributed by atoms with Gasteiger partial charge in [-0.15, -0.1) is 0 Å². The van der Waals surface area contributed by atoms with Crippen molar-refractivity contribution in [3.63, 3.8) is 0 Å². The summed E-state index contributed by atoms with van der Waals surface area (Å²) in [5.74, 6) is -0.975. The third-order valence-corrected chi connectivity index (χ3v) is 4.00. The van der Waals surface area contributed by atoms with Gasteiger partial charge in [0.25, 0.3) is 0 Å². The van der Waals surface area contributed by atoms with E-state index >= 15 is 0 Å². The van der Waals surface area contributed by atoms with E-state index in [1.54, 1.807) is 45.0 Å². The number of hydrogen-bond donors (Lipinski definition) is 2. The molecule has 1 aromatic rings. The molecule has 0 aliphatic heterocycles. The number of methoxy groups -OCH3 is 1. The van der Waals surface area contributed by atoms with Crippen LogP contribution in [0.1, 0.15) is 46.1 Å². The fourth-order valence-corrected chi connectivity index (χ4v) is 2.43. The van der Waals surface area contributed by atoms with Crippen molar-refractivity contribution in [1.82, 2.24) is 10.6 Å². The lowest BCUT2D eigenvalue weighted by atomic mass is 9.87. The van der Waals surface area contributed by atoms with Crippen LogP contribution in [0.4, 0.5) is 0 Å². The number of carbonyl (C=O) groups is 3. The summed E-state index contributed by atoms with van der Waals surface area (Å²) in [5.41, 5.74) is -1.09. The maximum Gasteiger partial charge on any atom is 0.336 e. The van der Waals surface area contributed by atoms with Crippen LogP contribution < -0.4 is 10.6 Å². The Morgan fingerprint density at radius 3 is 2.16 bits per heavy atom. The number of rotatable bonds is 7. The maximum atomic E-state index is 12.4. The zero-order valence-electron chi connectivity index (χ0n) is 15.6. The van der Waals surface area contributed by atoms with Gasteiger partial charge < -0.3 is 15.4 Å². The van der Waals surface area contributed by atoms with E-state index in [-0.39, 0.29) is 24.8 Å². The molecule has 1 aromatic carbocycles. The van der Waals surface area contributed by atoms with Gasteiger partial charge in [0.15, 0.2) is 5.54 Å². The van der Waals surface area contributed by atoms with E-state index in [1.807, 2.05) is 13.0 Å². The van der Waals surface area contributed by atoms with Gasteiger partial charge in [0.2, 0.25) is 11.8 Å². The first kappa shape index (κ1) is 20.7. The third kappa shape index (κ3) is 5.31. The summed E-state index contributed by atoms with van der Waals surface area (Å²) < 4.78 is 4.93. The Morgan fingerprint density at radius 2 is 1.68 bits per heavy atom. The molecule has 1 rings (SSSR count). The first-order valence-electron chi connectivity index (χ1n) is 8.40. The van der Waals surface area contributed by atoms with E-state index < -0.39 is 16.9 Å². The Kier molecular flexibility index (Phi) is 7.15. The molecule has 25 heavy (non-hydrogen) atoms. The summed E-state index contributed by atoms with van der Waals surface area (Å²) in [6.07, 6.45) is 0.428. The Balaban J connectivity index is 2.84. The Morgan fingerprint density at radius 1 is 1.08 bits per heavy atom. The number of esters is 1. The monoisotopic (exact) mass is 348 g/mol. The number of benzene rings is 1. The van der Waals surface area contributed by atoms with Gasteiger partial charge in [0.1, 0.15) is 0 Å². The molecule has 2 N–H and O–H groups in total. The van der Waals surface area contributed by atoms with Gasteiger partial charge >= 0.3 is 5.97 Å². The van der Waals surface area contributed by atoms with Crippen LogP contribution >= 0.6 is 0 Å². The predicted molar refractivity (Wildman–Crippen MR) is 95.7 cm³/mol. The van der Waals surface area contributed by atoms with E-state index in [4.69, 9.17) is 4.74 Å². The second kappa shape index (κ2) is 8.65. The normalized spacial score (nSPS) is 13.5. The van der Waals surface area contributed by atoms with Crippen LogP contribution in [-0.2, 0) is 24.7 Å². The van der Waals surface area contributed by atoms with Gasteiger partial charge in [-0.1, -0.05) is 58.0 Å². The molecule has 0 saturated carbocycles. The molecular formula is C19H28N2O4. The largest absolute Gasteiger partial charge is 0.467 e. The van der Waals surface area contributed by atoms with Crippen LogP contribution in [0, 0.1) is 5.41 Å². The van der Waals surface area contributed by atoms with Crippen LogP contribution in [0.5, 0.6) is 0 Å². The molecule has 0 spiro atoms. The fraction of sp³-hybridized carbons (Fsp3) is 0.526. The van der Waals surface area contributed by atoms with Gasteiger partial charge in [0.05, 0.1) is 7.11 Å². The fourth-order valence-electron chi connectivity index (χ4n) is 2.43. The van der Waals surface area contributed by atoms with Crippen LogP contribution in [0.3, 0.4) is 0 Å². The second-order valence-electron chi connectivity index (χ2n) is 6.92. The molecule has 0 fully saturated rings. The molecule has 6 nitrogen and oxygen atoms in total. The molecule has 1 unspecified atom stereocenters. The number of amides is 2. The van der Waals surface area contributed by atoms with Crippen molar-refractivity contribution in [3.05, 3.63) is 35.9 Å². The summed E-state index contributed by atoms with van der Waals surface area (Å²) >= 11 is 0. The quantitative estimate of drug-likeness (QED) is 0.739. The molecule has 2 amide bonds. The zero-order chi connectivity index (χ0) is 19.1. The molecule has 6 heteroatoms. The summed E-state index contributed by atoms with van der Waals surface area (Å²) in [6.45, 7) is 7.43. The molecule has 0 radical (unpaired) electrons. The van der Waals surface area contributed by atoms with Crippen LogP contribution in [0.2, 0.25) is 0 Å². The maximum absolute atomic E-state index is 12.4. The number of ether oxygens (including phenoxy) is 1. The summed E-state index contributed by atoms with van der Waals surface area (Å²) in [5, 5.41) is 5.52. The minimum absolute atomic E-state index is 0.0768. The van der Waals surface area contributed by atoms with Gasteiger partial charge in [-0.25, -0.2) is 4.79 Å². The van der Waals surface area contributed by atoms with Gasteiger partial charge in [-0.3, -0.25) is 9.59 Å². The topological polar surface area (TPSA) is 84.5 Å². The Bertz CT molecular complexity index is 608. The van der Waals surface area contributed by atoms with Crippen molar-refractivity contribution in [1.29, 1.82) is 0 Å². The first-order chi connectivity index (χ1) is 11.7. The van der Waals surface area contributed by atoms with Crippen LogP contribution in [-0.4, -0.2) is 31.4 Å². The van der Waals surface area contributed by atoms with Gasteiger partial charge in [0, 0.05) is 18.4 Å². The van der Waals surface area contributed by atoms with E-state index in [1.165, 1.54) is 7.11 Å². The number of carbonyl (C=O) groups excluding carboxylic acids is 3. The highest BCUT2D eigenvalue weighted by atomic mass is 16.5. The Hall–Kier alpha value is -2.37. The van der Waals surface area contributed by atoms with E-state index in [0.29, 0.717) is 12.0 Å². The molecule has 0 heterocycles. The smallest absolute Gasteiger partial charge is 0.336 e. The van der Waals surface area contributed by atoms with Crippen molar-refractivity contribution in [2.45, 2.75) is 46.1 Å². The van der Waals surface area contributed by atoms with Crippen molar-refractivity contribution in [3.8, 4) is 0 Å². The number of nitrogens with one attached hydrogen (secondary N) is 2. The lowest BCUT2D eigenvalue weighted by Gasteiger charge is -2.31. The summed E-state index contributed by atoms with van der Waals surface area (Å²) in [6, 6.07) is 9.01. The van der Waals surface area contributed by atoms with Gasteiger partial charge in [-0.2, -0.15) is 0 Å². The lowest BCUT2D eigenvalue weighted by Crippen LogP contribution is -2.52. The molecule has 0 bridgehead atoms. The highest BCUT2D eigenvalue weighted by Gasteiger charge is 2.41. The summed E-state index contributed by atoms with van der Waals surface area (Å²) in [4.78, 5) is 36.6. The second-order valence-corrected chi connectivity index (χ2v) is 6.92. The van der Waals surface area contributed by atoms with Crippen LogP contribution in [0.15, 0.2) is 30.3 Å². The van der Waals surface area contributed by atoms with Crippen molar-refractivity contribution in [2.24, 2.45) is 5.41 Å². The first-order valence-corrected chi connectivity index (χ1v) is 8.40. The molecule has 138 valence electrons. The number of hydrogen-bond acceptors (Lipinski definition) is 4. The minimum Gasteiger partial charge on any atom is -0.467 e. The van der Waals surface area contributed by atoms with Crippen molar-refractivity contribution >= 4 is 17.8 Å². The van der Waals surface area contributed by atoms with Crippen LogP contribution in [0.25, 0.3) is 0 Å². The van der Waals surface area contributed by atoms with Gasteiger partial charge in [-0.05, 0) is 12.0 Å². The highest BCUT2D eigenvalue weighted by molar-refractivity contribution is 5.89. The predicted octanol–water partition coefficient (Wildman–Crippen LogP) is 2.13. The van der Waals surface area contributed by atoms with Crippen molar-refractivity contribution in [2.75, 3.05) is 13.7 Å². The van der Waals surface area contributed by atoms with Crippen molar-refractivity contribution < 1.29 is 19.1 Å². The third-order valence-electron chi connectivity index (χ3n) is 4.00. The molecule has 1 atom stereocenters. The average Bonchev–Trinajstić information content (AvgIpc) is 2.58. The zero-order valence-corrected chi connectivity index (χ0v) is 15.6. The molecular weight excluding hydrogens is 320 g/mol. The lowest BCUT2D eigenvalue weighted by molar-refractivity contribution is -0.152. The molecule has 0 aliphatic carbocycles. The minimum atomic E-state index is -1.23. The SMILES string of the molecule is CCC(NC(=O)CCNC(=O)C(C)(C)C)(C(=O)OC)c1ccccc1. The van der Waals surface area contributed by atoms with E-state index in [2.05, 4.69) is 10.6 Å². The summed E-state index contributed by atoms with van der Waals surface area (Å²) in [7, 11) is 1.30. The van der Waals surface area contributed by atoms with E-state index in [0.717, 1.165) is 0 Å². The van der Waals surface area contributed by atoms with E-state index in [9.17, 15) is 14.4 Å². The Labute approximate surface area is 149 Å². The molecule has 0 aliphatic rings. The molecule has 0 aromatic heterocycles. The highest BCUT2D eigenvalue weighted by Crippen LogP contribution is 2.26.